The molecule has 0 radical (unpaired) electrons. The van der Waals surface area contributed by atoms with Gasteiger partial charge in [0.15, 0.2) is 0 Å². The normalized spacial score (nSPS) is 22.9. The maximum Gasteiger partial charge on any atom is 0.407 e. The van der Waals surface area contributed by atoms with E-state index in [1.807, 2.05) is 0 Å². The first-order valence-electron chi connectivity index (χ1n) is 40.7. The van der Waals surface area contributed by atoms with Crippen LogP contribution in [0.4, 0.5) is 9.59 Å². The van der Waals surface area contributed by atoms with Crippen molar-refractivity contribution in [2.24, 2.45) is 11.8 Å². The molecule has 2 aliphatic rings. The van der Waals surface area contributed by atoms with Crippen LogP contribution in [0.25, 0.3) is 0 Å². The molecule has 2 saturated carbocycles. The number of urea groups is 1. The molecule has 16 unspecified atom stereocenters. The van der Waals surface area contributed by atoms with Crippen LogP contribution in [0.1, 0.15) is 349 Å². The Bertz CT molecular complexity index is 1640. The van der Waals surface area contributed by atoms with Gasteiger partial charge in [0.25, 0.3) is 0 Å². The Morgan fingerprint density at radius 1 is 0.367 bits per heavy atom. The fraction of sp³-hybridized carbons (Fsp3) is 0.974. The van der Waals surface area contributed by atoms with Gasteiger partial charge < -0.3 is 91.4 Å². The third kappa shape index (κ3) is 48.1. The van der Waals surface area contributed by atoms with Gasteiger partial charge in [-0.2, -0.15) is 0 Å². The van der Waals surface area contributed by atoms with Gasteiger partial charge in [0.2, 0.25) is 0 Å². The highest BCUT2D eigenvalue weighted by Crippen LogP contribution is 2.30. The van der Waals surface area contributed by atoms with Crippen molar-refractivity contribution < 1.29 is 85.1 Å². The van der Waals surface area contributed by atoms with Gasteiger partial charge in [-0.25, -0.2) is 9.59 Å². The molecule has 0 aromatic heterocycles. The smallest absolute Gasteiger partial charge is 0.407 e. The number of rotatable bonds is 64. The summed E-state index contributed by atoms with van der Waals surface area (Å²) in [4.78, 5) is 25.2. The van der Waals surface area contributed by atoms with Crippen LogP contribution in [-0.4, -0.2) is 198 Å². The van der Waals surface area contributed by atoms with Crippen molar-refractivity contribution in [3.05, 3.63) is 0 Å². The Balaban J connectivity index is 0.000000980. The van der Waals surface area contributed by atoms with Gasteiger partial charge in [-0.05, 0) is 38.5 Å². The number of carbonyl (C=O) groups is 2. The number of hydrogen-bond donors (Lipinski definition) is 15. The first-order chi connectivity index (χ1) is 47.5. The molecule has 98 heavy (non-hydrogen) atoms. The molecule has 2 fully saturated rings. The van der Waals surface area contributed by atoms with E-state index in [1.165, 1.54) is 244 Å². The predicted molar refractivity (Wildman–Crippen MR) is 393 cm³/mol. The van der Waals surface area contributed by atoms with Crippen molar-refractivity contribution in [3.8, 4) is 0 Å². The van der Waals surface area contributed by atoms with Crippen LogP contribution in [0.5, 0.6) is 0 Å². The second-order valence-corrected chi connectivity index (χ2v) is 29.5. The molecule has 0 spiro atoms. The molecule has 20 nitrogen and oxygen atoms in total. The van der Waals surface area contributed by atoms with Gasteiger partial charge in [-0.15, -0.1) is 0 Å². The molecule has 0 bridgehead atoms. The number of carbonyl (C=O) groups excluding carboxylic acids is 2. The summed E-state index contributed by atoms with van der Waals surface area (Å²) in [5, 5.41) is 130. The van der Waals surface area contributed by atoms with Crippen molar-refractivity contribution in [2.45, 2.75) is 434 Å². The second-order valence-electron chi connectivity index (χ2n) is 29.5. The van der Waals surface area contributed by atoms with E-state index in [4.69, 9.17) is 14.2 Å². The van der Waals surface area contributed by atoms with Gasteiger partial charge in [0, 0.05) is 44.4 Å². The molecule has 16 atom stereocenters. The number of hydrogen-bond acceptors (Lipinski definition) is 17. The third-order valence-corrected chi connectivity index (χ3v) is 20.7. The Morgan fingerprint density at radius 2 is 0.643 bits per heavy atom. The first kappa shape index (κ1) is 94.0. The highest BCUT2D eigenvalue weighted by Gasteiger charge is 2.45. The summed E-state index contributed by atoms with van der Waals surface area (Å²) in [7, 11) is 0. The number of amides is 3. The number of aliphatic hydroxyl groups is 12. The lowest BCUT2D eigenvalue weighted by atomic mass is 9.81. The lowest BCUT2D eigenvalue weighted by Gasteiger charge is -2.40. The number of alkyl carbamates (subject to hydrolysis) is 1. The van der Waals surface area contributed by atoms with E-state index < -0.39 is 109 Å². The molecule has 3 amide bonds. The van der Waals surface area contributed by atoms with E-state index in [2.05, 4.69) is 29.8 Å². The fourth-order valence-corrected chi connectivity index (χ4v) is 13.7. The summed E-state index contributed by atoms with van der Waals surface area (Å²) in [6, 6.07) is -2.24. The SMILES string of the molecule is CCCCCCCCCCCCCCCCCCCCCCCCNC(=O)NC(COC1CC(CO)C(O)C(O)C1O)C(O)CC(O)CC.CCCCCCCCCCCCCCCCCCCCCCCCOC(=O)NC(COC1CC(CO)C(O)C(O)C1O)C(O)CC(O)CC. The van der Waals surface area contributed by atoms with Crippen LogP contribution < -0.4 is 16.0 Å². The van der Waals surface area contributed by atoms with Crippen LogP contribution in [0, 0.1) is 11.8 Å². The molecule has 15 N–H and O–H groups in total. The van der Waals surface area contributed by atoms with Gasteiger partial charge >= 0.3 is 12.1 Å². The van der Waals surface area contributed by atoms with E-state index in [-0.39, 0.29) is 58.7 Å². The average molecular weight is 1410 g/mol. The first-order valence-corrected chi connectivity index (χ1v) is 40.7. The highest BCUT2D eigenvalue weighted by molar-refractivity contribution is 5.74. The molecule has 0 aliphatic heterocycles. The van der Waals surface area contributed by atoms with Gasteiger partial charge in [-0.1, -0.05) is 297 Å². The summed E-state index contributed by atoms with van der Waals surface area (Å²) in [5.41, 5.74) is 0. The molecule has 0 aromatic carbocycles. The van der Waals surface area contributed by atoms with E-state index in [9.17, 15) is 70.9 Å². The minimum Gasteiger partial charge on any atom is -0.450 e. The fourth-order valence-electron chi connectivity index (χ4n) is 13.7. The standard InChI is InChI=1S/C39H78N2O8.C39H77NO9/c1-3-5-6-7-8-9-10-11-12-13-14-15-16-17-18-19-20-21-22-23-24-25-26-40-39(48)41-33(34(44)28-32(43)4-2)30-49-35-27-31(29-42)36(45)38(47)37(35)46;1-3-5-6-7-8-9-10-11-12-13-14-15-16-17-18-19-20-21-22-23-24-25-26-48-39(47)40-33(34(43)28-32(42)4-2)30-49-35-27-31(29-41)36(44)38(46)37(35)45/h31-38,42-47H,3-30H2,1-2H3,(H2,40,41,48);31-38,41-46H,3-30H2,1-2H3,(H,40,47). The number of nitrogens with one attached hydrogen (secondary N) is 3. The second kappa shape index (κ2) is 64.6. The van der Waals surface area contributed by atoms with Crippen molar-refractivity contribution in [1.82, 2.24) is 16.0 Å². The summed E-state index contributed by atoms with van der Waals surface area (Å²) in [6.45, 7) is 7.76. The zero-order chi connectivity index (χ0) is 72.2. The molecule has 2 aliphatic carbocycles. The van der Waals surface area contributed by atoms with Gasteiger partial charge in [0.05, 0.1) is 80.7 Å². The molecule has 0 heterocycles. The molecular formula is C78H155N3O17. The van der Waals surface area contributed by atoms with Crippen LogP contribution in [0.2, 0.25) is 0 Å². The predicted octanol–water partition coefficient (Wildman–Crippen LogP) is 12.9. The van der Waals surface area contributed by atoms with Crippen molar-refractivity contribution >= 4 is 12.1 Å². The largest absolute Gasteiger partial charge is 0.450 e. The Labute approximate surface area is 596 Å². The van der Waals surface area contributed by atoms with Crippen molar-refractivity contribution in [1.29, 1.82) is 0 Å². The summed E-state index contributed by atoms with van der Waals surface area (Å²) >= 11 is 0. The average Bonchev–Trinajstić information content (AvgIpc) is 0.828. The Hall–Kier alpha value is -2.02. The van der Waals surface area contributed by atoms with Crippen LogP contribution >= 0.6 is 0 Å². The van der Waals surface area contributed by atoms with Crippen LogP contribution in [0.3, 0.4) is 0 Å². The number of ether oxygens (including phenoxy) is 3. The molecule has 0 saturated heterocycles. The van der Waals surface area contributed by atoms with Gasteiger partial charge in [-0.3, -0.25) is 0 Å². The van der Waals surface area contributed by atoms with Crippen LogP contribution in [0.15, 0.2) is 0 Å². The minimum absolute atomic E-state index is 0.0120. The van der Waals surface area contributed by atoms with E-state index in [0.717, 1.165) is 38.5 Å². The van der Waals surface area contributed by atoms with Crippen molar-refractivity contribution in [3.63, 3.8) is 0 Å². The minimum atomic E-state index is -1.49. The van der Waals surface area contributed by atoms with E-state index in [0.29, 0.717) is 19.4 Å². The van der Waals surface area contributed by atoms with Gasteiger partial charge in [0.1, 0.15) is 24.4 Å². The summed E-state index contributed by atoms with van der Waals surface area (Å²) in [5.74, 6) is -1.34. The van der Waals surface area contributed by atoms with Crippen LogP contribution in [-0.2, 0) is 14.2 Å². The topological polar surface area (TPSA) is 341 Å². The lowest BCUT2D eigenvalue weighted by Crippen LogP contribution is -2.57. The zero-order valence-corrected chi connectivity index (χ0v) is 62.7. The maximum atomic E-state index is 12.6. The number of aliphatic hydroxyl groups excluding tert-OH is 12. The van der Waals surface area contributed by atoms with E-state index >= 15 is 0 Å². The number of unbranched alkanes of at least 4 members (excludes halogenated alkanes) is 42. The molecule has 2 rings (SSSR count). The summed E-state index contributed by atoms with van der Waals surface area (Å²) < 4.78 is 16.9. The quantitative estimate of drug-likeness (QED) is 0.0252. The molecule has 584 valence electrons. The van der Waals surface area contributed by atoms with Crippen molar-refractivity contribution in [2.75, 3.05) is 39.6 Å². The zero-order valence-electron chi connectivity index (χ0n) is 62.7. The highest BCUT2D eigenvalue weighted by atomic mass is 16.6. The Kier molecular flexibility index (Phi) is 61.9. The molecular weight excluding hydrogens is 1250 g/mol. The Morgan fingerprint density at radius 3 is 0.929 bits per heavy atom. The molecule has 20 heteroatoms. The molecule has 0 aromatic rings. The van der Waals surface area contributed by atoms with E-state index in [1.54, 1.807) is 13.8 Å². The summed E-state index contributed by atoms with van der Waals surface area (Å²) in [6.07, 6.45) is 44.7. The monoisotopic (exact) mass is 1410 g/mol. The maximum absolute atomic E-state index is 12.6. The third-order valence-electron chi connectivity index (χ3n) is 20.7. The lowest BCUT2D eigenvalue weighted by molar-refractivity contribution is -0.181.